The van der Waals surface area contributed by atoms with Crippen LogP contribution < -0.4 is 10.4 Å². The molecule has 0 aliphatic rings. The second kappa shape index (κ2) is 8.03. The molecule has 0 fully saturated rings. The number of hydrogen-bond acceptors (Lipinski definition) is 5. The van der Waals surface area contributed by atoms with Gasteiger partial charge in [0.05, 0.1) is 12.1 Å². The summed E-state index contributed by atoms with van der Waals surface area (Å²) in [5.41, 5.74) is 1.41. The molecule has 0 spiro atoms. The number of benzene rings is 2. The van der Waals surface area contributed by atoms with Gasteiger partial charge in [0.25, 0.3) is 0 Å². The normalized spacial score (nSPS) is 11.5. The summed E-state index contributed by atoms with van der Waals surface area (Å²) >= 11 is 6.30. The summed E-state index contributed by atoms with van der Waals surface area (Å²) in [4.78, 5) is 23.5. The van der Waals surface area contributed by atoms with E-state index in [0.29, 0.717) is 21.6 Å². The fourth-order valence-corrected chi connectivity index (χ4v) is 2.72. The van der Waals surface area contributed by atoms with Crippen molar-refractivity contribution in [3.05, 3.63) is 64.0 Å². The maximum absolute atomic E-state index is 11.9. The van der Waals surface area contributed by atoms with Crippen molar-refractivity contribution in [1.82, 2.24) is 0 Å². The van der Waals surface area contributed by atoms with Crippen molar-refractivity contribution in [1.29, 1.82) is 0 Å². The standard InChI is InChI=1S/C19H15ClO5.H2O/c1-11(19(22)23-2)24-17-10-16-14(8-15(17)20)13(9-18(21)25-16)12-6-4-3-5-7-12;/h3-11H,1-2H3;1H2. The number of fused-ring (bicyclic) bond motifs is 1. The predicted octanol–water partition coefficient (Wildman–Crippen LogP) is 3.23. The number of halogens is 1. The van der Waals surface area contributed by atoms with Crippen LogP contribution in [-0.2, 0) is 9.53 Å². The third-order valence-electron chi connectivity index (χ3n) is 3.72. The molecule has 0 saturated carbocycles. The minimum absolute atomic E-state index is 0. The lowest BCUT2D eigenvalue weighted by atomic mass is 10.0. The number of rotatable bonds is 4. The van der Waals surface area contributed by atoms with E-state index in [1.807, 2.05) is 30.3 Å². The molecule has 3 aromatic rings. The number of methoxy groups -OCH3 is 1. The molecular weight excluding hydrogens is 360 g/mol. The van der Waals surface area contributed by atoms with Crippen molar-refractivity contribution < 1.29 is 24.2 Å². The van der Waals surface area contributed by atoms with Gasteiger partial charge in [-0.1, -0.05) is 41.9 Å². The molecule has 0 aliphatic heterocycles. The van der Waals surface area contributed by atoms with Gasteiger partial charge in [-0.25, -0.2) is 9.59 Å². The fourth-order valence-electron chi connectivity index (χ4n) is 2.51. The van der Waals surface area contributed by atoms with E-state index in [2.05, 4.69) is 4.74 Å². The quantitative estimate of drug-likeness (QED) is 0.514. The molecule has 26 heavy (non-hydrogen) atoms. The Kier molecular flexibility index (Phi) is 6.02. The molecule has 7 heteroatoms. The number of ether oxygens (including phenoxy) is 2. The van der Waals surface area contributed by atoms with Gasteiger partial charge in [-0.05, 0) is 24.1 Å². The lowest BCUT2D eigenvalue weighted by molar-refractivity contribution is -0.147. The first-order valence-electron chi connectivity index (χ1n) is 7.57. The molecule has 136 valence electrons. The van der Waals surface area contributed by atoms with E-state index >= 15 is 0 Å². The van der Waals surface area contributed by atoms with Gasteiger partial charge in [0, 0.05) is 17.5 Å². The SMILES string of the molecule is COC(=O)C(C)Oc1cc2oc(=O)cc(-c3ccccc3)c2cc1Cl.O. The number of carbonyl (C=O) groups excluding carboxylic acids is 1. The molecule has 1 atom stereocenters. The average Bonchev–Trinajstić information content (AvgIpc) is 2.62. The van der Waals surface area contributed by atoms with E-state index in [-0.39, 0.29) is 11.2 Å². The molecule has 0 saturated heterocycles. The van der Waals surface area contributed by atoms with Gasteiger partial charge in [-0.2, -0.15) is 0 Å². The van der Waals surface area contributed by atoms with Crippen LogP contribution in [0.1, 0.15) is 6.92 Å². The smallest absolute Gasteiger partial charge is 0.346 e. The highest BCUT2D eigenvalue weighted by Gasteiger charge is 2.18. The summed E-state index contributed by atoms with van der Waals surface area (Å²) in [7, 11) is 1.27. The zero-order valence-corrected chi connectivity index (χ0v) is 14.9. The predicted molar refractivity (Wildman–Crippen MR) is 98.6 cm³/mol. The summed E-state index contributed by atoms with van der Waals surface area (Å²) < 4.78 is 15.4. The van der Waals surface area contributed by atoms with Crippen LogP contribution in [0.4, 0.5) is 0 Å². The van der Waals surface area contributed by atoms with Crippen molar-refractivity contribution in [2.75, 3.05) is 7.11 Å². The van der Waals surface area contributed by atoms with Crippen LogP contribution in [0.15, 0.2) is 57.7 Å². The Bertz CT molecular complexity index is 980. The second-order valence-electron chi connectivity index (χ2n) is 5.41. The number of carbonyl (C=O) groups is 1. The molecule has 2 N–H and O–H groups in total. The third-order valence-corrected chi connectivity index (χ3v) is 4.01. The Labute approximate surface area is 154 Å². The molecular formula is C19H17ClO6. The number of esters is 1. The third kappa shape index (κ3) is 3.87. The van der Waals surface area contributed by atoms with Gasteiger partial charge < -0.3 is 19.4 Å². The number of hydrogen-bond donors (Lipinski definition) is 0. The van der Waals surface area contributed by atoms with Gasteiger partial charge >= 0.3 is 11.6 Å². The highest BCUT2D eigenvalue weighted by Crippen LogP contribution is 2.35. The van der Waals surface area contributed by atoms with Crippen LogP contribution in [0.2, 0.25) is 5.02 Å². The van der Waals surface area contributed by atoms with Gasteiger partial charge in [-0.3, -0.25) is 0 Å². The monoisotopic (exact) mass is 376 g/mol. The molecule has 1 unspecified atom stereocenters. The highest BCUT2D eigenvalue weighted by atomic mass is 35.5. The van der Waals surface area contributed by atoms with Crippen molar-refractivity contribution in [2.24, 2.45) is 0 Å². The van der Waals surface area contributed by atoms with Crippen molar-refractivity contribution in [3.63, 3.8) is 0 Å². The highest BCUT2D eigenvalue weighted by molar-refractivity contribution is 6.33. The zero-order chi connectivity index (χ0) is 18.0. The molecule has 0 aliphatic carbocycles. The van der Waals surface area contributed by atoms with E-state index in [1.54, 1.807) is 13.0 Å². The first-order chi connectivity index (χ1) is 12.0. The molecule has 1 aromatic heterocycles. The Morgan fingerprint density at radius 1 is 1.15 bits per heavy atom. The second-order valence-corrected chi connectivity index (χ2v) is 5.81. The minimum Gasteiger partial charge on any atom is -0.477 e. The minimum atomic E-state index is -0.844. The maximum atomic E-state index is 11.9. The topological polar surface area (TPSA) is 97.2 Å². The molecule has 0 bridgehead atoms. The van der Waals surface area contributed by atoms with E-state index in [0.717, 1.165) is 5.56 Å². The maximum Gasteiger partial charge on any atom is 0.346 e. The van der Waals surface area contributed by atoms with Crippen LogP contribution in [-0.4, -0.2) is 24.7 Å². The average molecular weight is 377 g/mol. The first kappa shape index (κ1) is 19.5. The molecule has 0 amide bonds. The fraction of sp³-hybridized carbons (Fsp3) is 0.158. The molecule has 0 radical (unpaired) electrons. The van der Waals surface area contributed by atoms with E-state index in [4.69, 9.17) is 20.8 Å². The Hall–Kier alpha value is -2.83. The van der Waals surface area contributed by atoms with Gasteiger partial charge in [-0.15, -0.1) is 0 Å². The molecule has 3 rings (SSSR count). The Balaban J connectivity index is 0.00000243. The van der Waals surface area contributed by atoms with E-state index < -0.39 is 17.7 Å². The van der Waals surface area contributed by atoms with Crippen molar-refractivity contribution >= 4 is 28.5 Å². The van der Waals surface area contributed by atoms with Crippen LogP contribution in [0.25, 0.3) is 22.1 Å². The van der Waals surface area contributed by atoms with E-state index in [1.165, 1.54) is 19.2 Å². The summed E-state index contributed by atoms with van der Waals surface area (Å²) in [5.74, 6) is -0.295. The Morgan fingerprint density at radius 3 is 2.50 bits per heavy atom. The van der Waals surface area contributed by atoms with E-state index in [9.17, 15) is 9.59 Å². The van der Waals surface area contributed by atoms with Crippen LogP contribution >= 0.6 is 11.6 Å². The summed E-state index contributed by atoms with van der Waals surface area (Å²) in [6, 6.07) is 14.0. The lowest BCUT2D eigenvalue weighted by Gasteiger charge is -2.14. The molecule has 2 aromatic carbocycles. The van der Waals surface area contributed by atoms with Gasteiger partial charge in [0.15, 0.2) is 6.10 Å². The largest absolute Gasteiger partial charge is 0.477 e. The zero-order valence-electron chi connectivity index (χ0n) is 14.1. The summed E-state index contributed by atoms with van der Waals surface area (Å²) in [6.45, 7) is 1.54. The van der Waals surface area contributed by atoms with Gasteiger partial charge in [0.1, 0.15) is 11.3 Å². The van der Waals surface area contributed by atoms with Crippen LogP contribution in [0.3, 0.4) is 0 Å². The van der Waals surface area contributed by atoms with Crippen LogP contribution in [0.5, 0.6) is 5.75 Å². The Morgan fingerprint density at radius 2 is 1.85 bits per heavy atom. The summed E-state index contributed by atoms with van der Waals surface area (Å²) in [6.07, 6.45) is -0.844. The van der Waals surface area contributed by atoms with Crippen molar-refractivity contribution in [3.8, 4) is 16.9 Å². The van der Waals surface area contributed by atoms with Crippen LogP contribution in [0, 0.1) is 0 Å². The first-order valence-corrected chi connectivity index (χ1v) is 7.94. The molecule has 6 nitrogen and oxygen atoms in total. The summed E-state index contributed by atoms with van der Waals surface area (Å²) in [5, 5.41) is 0.975. The molecule has 1 heterocycles. The lowest BCUT2D eigenvalue weighted by Crippen LogP contribution is -2.25. The van der Waals surface area contributed by atoms with Crippen molar-refractivity contribution in [2.45, 2.75) is 13.0 Å². The van der Waals surface area contributed by atoms with Gasteiger partial charge in [0.2, 0.25) is 0 Å².